The van der Waals surface area contributed by atoms with E-state index >= 15 is 0 Å². The van der Waals surface area contributed by atoms with Crippen LogP contribution in [0.3, 0.4) is 0 Å². The highest BCUT2D eigenvalue weighted by atomic mass is 15.3. The van der Waals surface area contributed by atoms with Crippen molar-refractivity contribution in [1.29, 1.82) is 0 Å². The summed E-state index contributed by atoms with van der Waals surface area (Å²) < 4.78 is 1.97. The number of aryl methyl sites for hydroxylation is 2. The van der Waals surface area contributed by atoms with Crippen LogP contribution >= 0.6 is 0 Å². The zero-order valence-corrected chi connectivity index (χ0v) is 12.7. The van der Waals surface area contributed by atoms with E-state index < -0.39 is 0 Å². The molecule has 0 bridgehead atoms. The van der Waals surface area contributed by atoms with Gasteiger partial charge in [0.2, 0.25) is 0 Å². The lowest BCUT2D eigenvalue weighted by atomic mass is 10.1. The maximum atomic E-state index is 4.62. The van der Waals surface area contributed by atoms with Crippen LogP contribution in [0.15, 0.2) is 30.4 Å². The molecule has 106 valence electrons. The molecule has 3 heterocycles. The molecule has 3 aromatic rings. The molecular weight excluding hydrogens is 262 g/mol. The minimum absolute atomic E-state index is 0.733. The fraction of sp³-hybridized carbons (Fsp3) is 0.250. The summed E-state index contributed by atoms with van der Waals surface area (Å²) in [6.07, 6.45) is 2.00. The smallest absolute Gasteiger partial charge is 0.184 e. The van der Waals surface area contributed by atoms with E-state index in [0.29, 0.717) is 0 Å². The highest BCUT2D eigenvalue weighted by Crippen LogP contribution is 2.24. The highest BCUT2D eigenvalue weighted by molar-refractivity contribution is 5.81. The number of fused-ring (bicyclic) bond motifs is 3. The fourth-order valence-corrected chi connectivity index (χ4v) is 2.48. The first-order valence-electron chi connectivity index (χ1n) is 6.84. The first kappa shape index (κ1) is 13.4. The molecule has 0 saturated heterocycles. The molecule has 0 aliphatic rings. The van der Waals surface area contributed by atoms with E-state index in [9.17, 15) is 0 Å². The minimum atomic E-state index is 0.733. The van der Waals surface area contributed by atoms with Crippen LogP contribution in [0, 0.1) is 13.8 Å². The Bertz CT molecular complexity index is 902. The molecule has 5 nitrogen and oxygen atoms in total. The summed E-state index contributed by atoms with van der Waals surface area (Å²) in [6.45, 7) is 11.9. The molecule has 3 rings (SSSR count). The topological polar surface area (TPSA) is 56.0 Å². The van der Waals surface area contributed by atoms with Gasteiger partial charge in [0.25, 0.3) is 0 Å². The molecule has 0 unspecified atom stereocenters. The lowest BCUT2D eigenvalue weighted by Crippen LogP contribution is -2.02. The third kappa shape index (κ3) is 2.01. The number of pyridine rings is 1. The molecule has 5 heteroatoms. The SMILES string of the molecule is C=C(C)C(=CC)c1nnc2c(C)nc3ccc(C)nc3n12. The summed E-state index contributed by atoms with van der Waals surface area (Å²) in [4.78, 5) is 9.18. The monoisotopic (exact) mass is 279 g/mol. The lowest BCUT2D eigenvalue weighted by molar-refractivity contribution is 1.06. The van der Waals surface area contributed by atoms with Crippen molar-refractivity contribution in [3.63, 3.8) is 0 Å². The van der Waals surface area contributed by atoms with E-state index in [1.807, 2.05) is 50.3 Å². The summed E-state index contributed by atoms with van der Waals surface area (Å²) in [5.41, 5.74) is 6.03. The highest BCUT2D eigenvalue weighted by Gasteiger charge is 2.16. The molecule has 0 atom stereocenters. The van der Waals surface area contributed by atoms with Crippen molar-refractivity contribution in [3.8, 4) is 0 Å². The van der Waals surface area contributed by atoms with E-state index in [0.717, 1.165) is 45.2 Å². The van der Waals surface area contributed by atoms with Crippen LogP contribution in [0.2, 0.25) is 0 Å². The second kappa shape index (κ2) is 4.77. The summed E-state index contributed by atoms with van der Waals surface area (Å²) >= 11 is 0. The number of aromatic nitrogens is 5. The van der Waals surface area contributed by atoms with Crippen LogP contribution in [0.5, 0.6) is 0 Å². The van der Waals surface area contributed by atoms with Crippen molar-refractivity contribution >= 4 is 22.4 Å². The average Bonchev–Trinajstić information content (AvgIpc) is 2.86. The Morgan fingerprint density at radius 1 is 1.14 bits per heavy atom. The molecule has 0 aliphatic heterocycles. The Morgan fingerprint density at radius 2 is 1.90 bits per heavy atom. The maximum absolute atomic E-state index is 4.62. The molecule has 0 aliphatic carbocycles. The van der Waals surface area contributed by atoms with Gasteiger partial charge in [0.15, 0.2) is 17.1 Å². The first-order valence-corrected chi connectivity index (χ1v) is 6.84. The number of rotatable bonds is 2. The number of hydrogen-bond acceptors (Lipinski definition) is 4. The van der Waals surface area contributed by atoms with Gasteiger partial charge >= 0.3 is 0 Å². The number of nitrogens with zero attached hydrogens (tertiary/aromatic N) is 5. The van der Waals surface area contributed by atoms with Gasteiger partial charge in [-0.3, -0.25) is 4.40 Å². The molecule has 0 N–H and O–H groups in total. The van der Waals surface area contributed by atoms with Gasteiger partial charge in [0.1, 0.15) is 5.52 Å². The van der Waals surface area contributed by atoms with Crippen LogP contribution < -0.4 is 0 Å². The summed E-state index contributed by atoms with van der Waals surface area (Å²) in [7, 11) is 0. The van der Waals surface area contributed by atoms with E-state index in [1.54, 1.807) is 0 Å². The number of allylic oxidation sites excluding steroid dienone is 3. The van der Waals surface area contributed by atoms with Crippen molar-refractivity contribution in [2.24, 2.45) is 0 Å². The lowest BCUT2D eigenvalue weighted by Gasteiger charge is -2.08. The van der Waals surface area contributed by atoms with Gasteiger partial charge in [-0.25, -0.2) is 9.97 Å². The van der Waals surface area contributed by atoms with E-state index in [-0.39, 0.29) is 0 Å². The van der Waals surface area contributed by atoms with Gasteiger partial charge < -0.3 is 0 Å². The average molecular weight is 279 g/mol. The summed E-state index contributed by atoms with van der Waals surface area (Å²) in [5.74, 6) is 0.758. The maximum Gasteiger partial charge on any atom is 0.184 e. The van der Waals surface area contributed by atoms with Crippen molar-refractivity contribution in [3.05, 3.63) is 47.6 Å². The molecule has 0 amide bonds. The van der Waals surface area contributed by atoms with Crippen molar-refractivity contribution < 1.29 is 0 Å². The van der Waals surface area contributed by atoms with E-state index in [1.165, 1.54) is 0 Å². The second-order valence-corrected chi connectivity index (χ2v) is 5.16. The Kier molecular flexibility index (Phi) is 3.05. The predicted octanol–water partition coefficient (Wildman–Crippen LogP) is 3.27. The van der Waals surface area contributed by atoms with E-state index in [4.69, 9.17) is 0 Å². The van der Waals surface area contributed by atoms with E-state index in [2.05, 4.69) is 26.7 Å². The second-order valence-electron chi connectivity index (χ2n) is 5.16. The van der Waals surface area contributed by atoms with Crippen LogP contribution in [0.1, 0.15) is 31.1 Å². The molecule has 21 heavy (non-hydrogen) atoms. The Hall–Kier alpha value is -2.56. The Morgan fingerprint density at radius 3 is 2.57 bits per heavy atom. The zero-order chi connectivity index (χ0) is 15.1. The summed E-state index contributed by atoms with van der Waals surface area (Å²) in [5, 5.41) is 8.61. The zero-order valence-electron chi connectivity index (χ0n) is 12.7. The molecule has 0 radical (unpaired) electrons. The van der Waals surface area contributed by atoms with Crippen molar-refractivity contribution in [2.45, 2.75) is 27.7 Å². The fourth-order valence-electron chi connectivity index (χ4n) is 2.48. The van der Waals surface area contributed by atoms with Crippen molar-refractivity contribution in [1.82, 2.24) is 24.6 Å². The molecule has 0 saturated carbocycles. The van der Waals surface area contributed by atoms with Gasteiger partial charge in [0, 0.05) is 11.3 Å². The normalized spacial score (nSPS) is 12.3. The van der Waals surface area contributed by atoms with Crippen molar-refractivity contribution in [2.75, 3.05) is 0 Å². The standard InChI is InChI=1S/C16H17N5/c1-6-12(9(2)3)15-20-19-14-11(5)18-13-8-7-10(4)17-16(13)21(14)15/h6-8H,2H2,1,3-5H3. The van der Waals surface area contributed by atoms with Gasteiger partial charge in [-0.05, 0) is 45.4 Å². The van der Waals surface area contributed by atoms with Gasteiger partial charge in [-0.1, -0.05) is 12.7 Å². The van der Waals surface area contributed by atoms with Gasteiger partial charge in [-0.2, -0.15) is 0 Å². The van der Waals surface area contributed by atoms with Crippen LogP contribution in [0.4, 0.5) is 0 Å². The Labute approximate surface area is 123 Å². The van der Waals surface area contributed by atoms with Crippen LogP contribution in [-0.4, -0.2) is 24.6 Å². The van der Waals surface area contributed by atoms with Crippen LogP contribution in [-0.2, 0) is 0 Å². The van der Waals surface area contributed by atoms with Crippen LogP contribution in [0.25, 0.3) is 22.4 Å². The minimum Gasteiger partial charge on any atom is -0.255 e. The molecular formula is C16H17N5. The molecule has 3 aromatic heterocycles. The van der Waals surface area contributed by atoms with Gasteiger partial charge in [0.05, 0.1) is 5.69 Å². The number of hydrogen-bond donors (Lipinski definition) is 0. The molecule has 0 spiro atoms. The first-order chi connectivity index (χ1) is 10.0. The largest absolute Gasteiger partial charge is 0.255 e. The third-order valence-electron chi connectivity index (χ3n) is 3.47. The quantitative estimate of drug-likeness (QED) is 0.676. The Balaban J connectivity index is 2.51. The molecule has 0 fully saturated rings. The predicted molar refractivity (Wildman–Crippen MR) is 84.0 cm³/mol. The molecule has 0 aromatic carbocycles. The third-order valence-corrected chi connectivity index (χ3v) is 3.47. The summed E-state index contributed by atoms with van der Waals surface area (Å²) in [6, 6.07) is 3.93. The van der Waals surface area contributed by atoms with Gasteiger partial charge in [-0.15, -0.1) is 10.2 Å².